The Balaban J connectivity index is 2.23. The zero-order valence-corrected chi connectivity index (χ0v) is 11.6. The van der Waals surface area contributed by atoms with Gasteiger partial charge in [0.2, 0.25) is 0 Å². The third-order valence-corrected chi connectivity index (χ3v) is 4.17. The second-order valence-corrected chi connectivity index (χ2v) is 5.31. The lowest BCUT2D eigenvalue weighted by atomic mass is 10.2. The van der Waals surface area contributed by atoms with Crippen molar-refractivity contribution in [2.24, 2.45) is 11.7 Å². The van der Waals surface area contributed by atoms with Gasteiger partial charge in [0.05, 0.1) is 9.40 Å². The van der Waals surface area contributed by atoms with E-state index < -0.39 is 4.92 Å². The lowest BCUT2D eigenvalue weighted by molar-refractivity contribution is -0.385. The summed E-state index contributed by atoms with van der Waals surface area (Å²) < 4.78 is 0.635. The molecule has 0 spiro atoms. The first-order chi connectivity index (χ1) is 8.54. The summed E-state index contributed by atoms with van der Waals surface area (Å²) in [7, 11) is 0. The molecule has 1 aromatic heterocycles. The maximum atomic E-state index is 10.8. The SMILES string of the molecule is Cc1c([N+](=O)[O-])cnc(NC(CN)C2CC2)c1Br. The molecule has 6 nitrogen and oxygen atoms in total. The van der Waals surface area contributed by atoms with Gasteiger partial charge in [-0.05, 0) is 41.6 Å². The molecule has 0 bridgehead atoms. The first-order valence-corrected chi connectivity index (χ1v) is 6.60. The number of rotatable bonds is 5. The summed E-state index contributed by atoms with van der Waals surface area (Å²) in [6.45, 7) is 2.23. The van der Waals surface area contributed by atoms with Crippen LogP contribution in [-0.4, -0.2) is 22.5 Å². The number of aromatic nitrogens is 1. The molecule has 1 aliphatic carbocycles. The zero-order valence-electron chi connectivity index (χ0n) is 10.0. The molecule has 0 radical (unpaired) electrons. The van der Waals surface area contributed by atoms with Crippen molar-refractivity contribution in [1.29, 1.82) is 0 Å². The highest BCUT2D eigenvalue weighted by molar-refractivity contribution is 9.10. The third-order valence-electron chi connectivity index (χ3n) is 3.20. The van der Waals surface area contributed by atoms with Crippen LogP contribution in [0, 0.1) is 23.0 Å². The fraction of sp³-hybridized carbons (Fsp3) is 0.545. The highest BCUT2D eigenvalue weighted by atomic mass is 79.9. The summed E-state index contributed by atoms with van der Waals surface area (Å²) in [6, 6.07) is 0.189. The molecule has 1 aromatic rings. The molecule has 1 atom stereocenters. The third kappa shape index (κ3) is 2.62. The molecule has 1 unspecified atom stereocenters. The predicted octanol–water partition coefficient (Wildman–Crippen LogP) is 2.21. The number of nitrogens with two attached hydrogens (primary N) is 1. The largest absolute Gasteiger partial charge is 0.365 e. The van der Waals surface area contributed by atoms with Crippen molar-refractivity contribution in [3.05, 3.63) is 26.3 Å². The lowest BCUT2D eigenvalue weighted by Gasteiger charge is -2.18. The van der Waals surface area contributed by atoms with Gasteiger partial charge in [-0.15, -0.1) is 0 Å². The predicted molar refractivity (Wildman–Crippen MR) is 72.5 cm³/mol. The van der Waals surface area contributed by atoms with Crippen LogP contribution in [0.15, 0.2) is 10.7 Å². The van der Waals surface area contributed by atoms with Gasteiger partial charge in [0.15, 0.2) is 0 Å². The summed E-state index contributed by atoms with van der Waals surface area (Å²) in [4.78, 5) is 14.5. The molecule has 98 valence electrons. The highest BCUT2D eigenvalue weighted by Gasteiger charge is 2.31. The molecular formula is C11H15BrN4O2. The summed E-state index contributed by atoms with van der Waals surface area (Å²) in [5.41, 5.74) is 6.30. The molecule has 1 aliphatic rings. The van der Waals surface area contributed by atoms with Gasteiger partial charge in [-0.1, -0.05) is 0 Å². The molecule has 0 saturated heterocycles. The Bertz CT molecular complexity index is 476. The van der Waals surface area contributed by atoms with Crippen LogP contribution in [-0.2, 0) is 0 Å². The van der Waals surface area contributed by atoms with Crippen LogP contribution >= 0.6 is 15.9 Å². The van der Waals surface area contributed by atoms with Gasteiger partial charge in [0.1, 0.15) is 12.0 Å². The van der Waals surface area contributed by atoms with Crippen molar-refractivity contribution < 1.29 is 4.92 Å². The zero-order chi connectivity index (χ0) is 13.3. The Hall–Kier alpha value is -1.21. The quantitative estimate of drug-likeness (QED) is 0.642. The number of pyridine rings is 1. The lowest BCUT2D eigenvalue weighted by Crippen LogP contribution is -2.31. The molecule has 3 N–H and O–H groups in total. The molecule has 0 aliphatic heterocycles. The molecule has 0 aromatic carbocycles. The summed E-state index contributed by atoms with van der Waals surface area (Å²) >= 11 is 3.36. The second kappa shape index (κ2) is 5.19. The summed E-state index contributed by atoms with van der Waals surface area (Å²) in [6.07, 6.45) is 3.64. The number of halogens is 1. The van der Waals surface area contributed by atoms with E-state index >= 15 is 0 Å². The van der Waals surface area contributed by atoms with E-state index in [2.05, 4.69) is 26.2 Å². The number of hydrogen-bond acceptors (Lipinski definition) is 5. The van der Waals surface area contributed by atoms with Crippen LogP contribution in [0.1, 0.15) is 18.4 Å². The standard InChI is InChI=1S/C11H15BrN4O2/c1-6-9(16(17)18)5-14-11(10(6)12)15-8(4-13)7-2-3-7/h5,7-8H,2-4,13H2,1H3,(H,14,15). The molecule has 1 saturated carbocycles. The summed E-state index contributed by atoms with van der Waals surface area (Å²) in [5.74, 6) is 1.22. The van der Waals surface area contributed by atoms with E-state index in [0.29, 0.717) is 28.3 Å². The minimum absolute atomic E-state index is 0.0168. The van der Waals surface area contributed by atoms with Gasteiger partial charge in [0, 0.05) is 18.2 Å². The van der Waals surface area contributed by atoms with Crippen molar-refractivity contribution in [3.8, 4) is 0 Å². The first kappa shape index (κ1) is 13.2. The average Bonchev–Trinajstić information content (AvgIpc) is 3.14. The number of nitro groups is 1. The number of hydrogen-bond donors (Lipinski definition) is 2. The van der Waals surface area contributed by atoms with E-state index in [-0.39, 0.29) is 11.7 Å². The molecule has 0 amide bonds. The maximum absolute atomic E-state index is 10.8. The molecule has 18 heavy (non-hydrogen) atoms. The maximum Gasteiger partial charge on any atom is 0.291 e. The van der Waals surface area contributed by atoms with Crippen molar-refractivity contribution in [2.45, 2.75) is 25.8 Å². The molecule has 1 heterocycles. The van der Waals surface area contributed by atoms with Crippen LogP contribution in [0.25, 0.3) is 0 Å². The average molecular weight is 315 g/mol. The van der Waals surface area contributed by atoms with Crippen molar-refractivity contribution >= 4 is 27.4 Å². The van der Waals surface area contributed by atoms with Crippen LogP contribution < -0.4 is 11.1 Å². The first-order valence-electron chi connectivity index (χ1n) is 5.80. The summed E-state index contributed by atoms with van der Waals surface area (Å²) in [5, 5.41) is 14.0. The Labute approximate surface area is 113 Å². The van der Waals surface area contributed by atoms with E-state index in [0.717, 1.165) is 0 Å². The fourth-order valence-electron chi connectivity index (χ4n) is 1.90. The number of nitrogens with one attached hydrogen (secondary N) is 1. The normalized spacial score (nSPS) is 16.4. The van der Waals surface area contributed by atoms with Gasteiger partial charge in [-0.25, -0.2) is 4.98 Å². The minimum atomic E-state index is -0.432. The second-order valence-electron chi connectivity index (χ2n) is 4.51. The minimum Gasteiger partial charge on any atom is -0.365 e. The van der Waals surface area contributed by atoms with Crippen LogP contribution in [0.4, 0.5) is 11.5 Å². The van der Waals surface area contributed by atoms with Gasteiger partial charge < -0.3 is 11.1 Å². The van der Waals surface area contributed by atoms with E-state index in [1.54, 1.807) is 6.92 Å². The van der Waals surface area contributed by atoms with E-state index in [1.165, 1.54) is 19.0 Å². The van der Waals surface area contributed by atoms with E-state index in [4.69, 9.17) is 5.73 Å². The van der Waals surface area contributed by atoms with Gasteiger partial charge >= 0.3 is 0 Å². The monoisotopic (exact) mass is 314 g/mol. The van der Waals surface area contributed by atoms with Crippen LogP contribution in [0.3, 0.4) is 0 Å². The fourth-order valence-corrected chi connectivity index (χ4v) is 2.32. The van der Waals surface area contributed by atoms with Crippen molar-refractivity contribution in [3.63, 3.8) is 0 Å². The van der Waals surface area contributed by atoms with Crippen LogP contribution in [0.5, 0.6) is 0 Å². The van der Waals surface area contributed by atoms with E-state index in [1.807, 2.05) is 0 Å². The Morgan fingerprint density at radius 2 is 2.39 bits per heavy atom. The molecule has 1 fully saturated rings. The Morgan fingerprint density at radius 3 is 2.89 bits per heavy atom. The Kier molecular flexibility index (Phi) is 3.82. The highest BCUT2D eigenvalue weighted by Crippen LogP contribution is 2.36. The van der Waals surface area contributed by atoms with Gasteiger partial charge in [0.25, 0.3) is 5.69 Å². The van der Waals surface area contributed by atoms with E-state index in [9.17, 15) is 10.1 Å². The van der Waals surface area contributed by atoms with Gasteiger partial charge in [-0.3, -0.25) is 10.1 Å². The van der Waals surface area contributed by atoms with Crippen molar-refractivity contribution in [2.75, 3.05) is 11.9 Å². The Morgan fingerprint density at radius 1 is 1.72 bits per heavy atom. The molecule has 2 rings (SSSR count). The number of nitrogens with zero attached hydrogens (tertiary/aromatic N) is 2. The molecular weight excluding hydrogens is 300 g/mol. The van der Waals surface area contributed by atoms with Gasteiger partial charge in [-0.2, -0.15) is 0 Å². The topological polar surface area (TPSA) is 94.1 Å². The smallest absolute Gasteiger partial charge is 0.291 e. The van der Waals surface area contributed by atoms with Crippen molar-refractivity contribution in [1.82, 2.24) is 4.98 Å². The molecule has 7 heteroatoms. The van der Waals surface area contributed by atoms with Crippen LogP contribution in [0.2, 0.25) is 0 Å². The number of anilines is 1.